The van der Waals surface area contributed by atoms with E-state index in [4.69, 9.17) is 4.74 Å². The predicted octanol–water partition coefficient (Wildman–Crippen LogP) is 2.60. The maximum atomic E-state index is 12.8. The van der Waals surface area contributed by atoms with Crippen molar-refractivity contribution in [1.29, 1.82) is 0 Å². The van der Waals surface area contributed by atoms with Gasteiger partial charge in [0.1, 0.15) is 5.75 Å². The summed E-state index contributed by atoms with van der Waals surface area (Å²) in [7, 11) is -1.76. The largest absolute Gasteiger partial charge is 0.481 e. The molecule has 2 rings (SSSR count). The third-order valence-corrected chi connectivity index (χ3v) is 5.93. The van der Waals surface area contributed by atoms with E-state index in [1.54, 1.807) is 6.92 Å². The Kier molecular flexibility index (Phi) is 9.02. The highest BCUT2D eigenvalue weighted by Gasteiger charge is 2.20. The van der Waals surface area contributed by atoms with Gasteiger partial charge in [0.15, 0.2) is 6.10 Å². The fourth-order valence-corrected chi connectivity index (χ4v) is 3.82. The predicted molar refractivity (Wildman–Crippen MR) is 124 cm³/mol. The van der Waals surface area contributed by atoms with Crippen molar-refractivity contribution in [1.82, 2.24) is 5.32 Å². The van der Waals surface area contributed by atoms with Gasteiger partial charge in [-0.3, -0.25) is 9.52 Å². The molecule has 0 heterocycles. The van der Waals surface area contributed by atoms with Crippen LogP contribution in [0.4, 0.5) is 5.69 Å². The van der Waals surface area contributed by atoms with Gasteiger partial charge in [-0.25, -0.2) is 18.0 Å². The van der Waals surface area contributed by atoms with Gasteiger partial charge in [0.2, 0.25) is 0 Å². The van der Waals surface area contributed by atoms with E-state index in [1.165, 1.54) is 42.5 Å². The zero-order valence-electron chi connectivity index (χ0n) is 19.6. The number of nitrogens with one attached hydrogen (secondary N) is 2. The van der Waals surface area contributed by atoms with E-state index in [0.29, 0.717) is 18.2 Å². The normalized spacial score (nSPS) is 11.9. The van der Waals surface area contributed by atoms with Crippen molar-refractivity contribution < 1.29 is 37.0 Å². The molecule has 0 aliphatic heterocycles. The molecule has 0 fully saturated rings. The van der Waals surface area contributed by atoms with Crippen LogP contribution in [0, 0.1) is 5.92 Å². The van der Waals surface area contributed by atoms with Crippen LogP contribution >= 0.6 is 0 Å². The number of esters is 2. The summed E-state index contributed by atoms with van der Waals surface area (Å²) < 4.78 is 42.9. The summed E-state index contributed by atoms with van der Waals surface area (Å²) in [4.78, 5) is 35.8. The molecule has 34 heavy (non-hydrogen) atoms. The smallest absolute Gasteiger partial charge is 0.337 e. The molecule has 0 unspecified atom stereocenters. The lowest BCUT2D eigenvalue weighted by Gasteiger charge is -2.16. The van der Waals surface area contributed by atoms with E-state index in [9.17, 15) is 22.8 Å². The summed E-state index contributed by atoms with van der Waals surface area (Å²) in [6.45, 7) is 6.06. The topological polar surface area (TPSA) is 137 Å². The molecule has 11 heteroatoms. The standard InChI is InChI=1S/C23H28N2O8S/c1-14(2)13-24-21(26)15(3)33-19-6-8-20(9-7-19)34(29,30)25-18-11-16(22(27)31-4)10-17(12-18)23(28)32-5/h6-12,14-15,25H,13H2,1-5H3,(H,24,26)/t15-/m1/s1. The van der Waals surface area contributed by atoms with Crippen LogP contribution in [0.2, 0.25) is 0 Å². The molecule has 2 N–H and O–H groups in total. The molecule has 10 nitrogen and oxygen atoms in total. The molecule has 184 valence electrons. The van der Waals surface area contributed by atoms with Gasteiger partial charge in [-0.2, -0.15) is 0 Å². The number of amides is 1. The molecule has 0 aliphatic rings. The average Bonchev–Trinajstić information content (AvgIpc) is 2.81. The van der Waals surface area contributed by atoms with Crippen LogP contribution in [-0.2, 0) is 24.3 Å². The maximum Gasteiger partial charge on any atom is 0.337 e. The highest BCUT2D eigenvalue weighted by atomic mass is 32.2. The zero-order valence-corrected chi connectivity index (χ0v) is 20.4. The van der Waals surface area contributed by atoms with Crippen LogP contribution in [0.3, 0.4) is 0 Å². The third-order valence-electron chi connectivity index (χ3n) is 4.53. The van der Waals surface area contributed by atoms with E-state index < -0.39 is 28.1 Å². The number of carbonyl (C=O) groups is 3. The van der Waals surface area contributed by atoms with Gasteiger partial charge in [0, 0.05) is 6.54 Å². The molecule has 0 bridgehead atoms. The quantitative estimate of drug-likeness (QED) is 0.483. The molecule has 1 amide bonds. The number of rotatable bonds is 10. The highest BCUT2D eigenvalue weighted by molar-refractivity contribution is 7.92. The molecule has 2 aromatic carbocycles. The average molecular weight is 493 g/mol. The monoisotopic (exact) mass is 492 g/mol. The first kappa shape index (κ1) is 26.7. The number of methoxy groups -OCH3 is 2. The molecule has 0 radical (unpaired) electrons. The van der Waals surface area contributed by atoms with Crippen LogP contribution in [0.1, 0.15) is 41.5 Å². The summed E-state index contributed by atoms with van der Waals surface area (Å²) in [6, 6.07) is 9.18. The Hall–Kier alpha value is -3.60. The van der Waals surface area contributed by atoms with Gasteiger partial charge in [0.05, 0.1) is 35.9 Å². The fraction of sp³-hybridized carbons (Fsp3) is 0.348. The second kappa shape index (κ2) is 11.5. The van der Waals surface area contributed by atoms with E-state index in [0.717, 1.165) is 14.2 Å². The molecule has 0 saturated heterocycles. The minimum atomic E-state index is -4.08. The minimum Gasteiger partial charge on any atom is -0.481 e. The number of anilines is 1. The number of sulfonamides is 1. The summed E-state index contributed by atoms with van der Waals surface area (Å²) in [5.41, 5.74) is -0.0905. The van der Waals surface area contributed by atoms with Crippen molar-refractivity contribution in [3.05, 3.63) is 53.6 Å². The lowest BCUT2D eigenvalue weighted by molar-refractivity contribution is -0.127. The summed E-state index contributed by atoms with van der Waals surface area (Å²) in [5, 5.41) is 2.76. The molecule has 0 spiro atoms. The molecule has 0 aliphatic carbocycles. The van der Waals surface area contributed by atoms with Crippen LogP contribution < -0.4 is 14.8 Å². The lowest BCUT2D eigenvalue weighted by Crippen LogP contribution is -2.38. The number of carbonyl (C=O) groups excluding carboxylic acids is 3. The second-order valence-corrected chi connectivity index (χ2v) is 9.44. The number of hydrogen-bond donors (Lipinski definition) is 2. The van der Waals surface area contributed by atoms with Crippen molar-refractivity contribution in [3.63, 3.8) is 0 Å². The molecular weight excluding hydrogens is 464 g/mol. The van der Waals surface area contributed by atoms with Crippen LogP contribution in [0.5, 0.6) is 5.75 Å². The molecular formula is C23H28N2O8S. The van der Waals surface area contributed by atoms with Crippen LogP contribution in [0.15, 0.2) is 47.4 Å². The van der Waals surface area contributed by atoms with Gasteiger partial charge in [-0.05, 0) is 55.3 Å². The van der Waals surface area contributed by atoms with Crippen LogP contribution in [-0.4, -0.2) is 53.1 Å². The Balaban J connectivity index is 2.20. The maximum absolute atomic E-state index is 12.8. The first-order chi connectivity index (χ1) is 16.0. The lowest BCUT2D eigenvalue weighted by atomic mass is 10.1. The first-order valence-corrected chi connectivity index (χ1v) is 11.8. The van der Waals surface area contributed by atoms with Crippen molar-refractivity contribution in [2.24, 2.45) is 5.92 Å². The van der Waals surface area contributed by atoms with E-state index >= 15 is 0 Å². The van der Waals surface area contributed by atoms with E-state index in [1.807, 2.05) is 13.8 Å². The van der Waals surface area contributed by atoms with Crippen molar-refractivity contribution in [2.75, 3.05) is 25.5 Å². The van der Waals surface area contributed by atoms with Gasteiger partial charge >= 0.3 is 11.9 Å². The second-order valence-electron chi connectivity index (χ2n) is 7.76. The molecule has 0 saturated carbocycles. The van der Waals surface area contributed by atoms with E-state index in [-0.39, 0.29) is 27.6 Å². The Morgan fingerprint density at radius 3 is 1.88 bits per heavy atom. The summed E-state index contributed by atoms with van der Waals surface area (Å²) >= 11 is 0. The Morgan fingerprint density at radius 1 is 0.882 bits per heavy atom. The number of ether oxygens (including phenoxy) is 3. The fourth-order valence-electron chi connectivity index (χ4n) is 2.78. The Bertz CT molecular complexity index is 1110. The SMILES string of the molecule is COC(=O)c1cc(NS(=O)(=O)c2ccc(O[C@H](C)C(=O)NCC(C)C)cc2)cc(C(=O)OC)c1. The minimum absolute atomic E-state index is 0.0286. The number of hydrogen-bond acceptors (Lipinski definition) is 8. The third kappa shape index (κ3) is 7.20. The van der Waals surface area contributed by atoms with Gasteiger partial charge in [-0.15, -0.1) is 0 Å². The van der Waals surface area contributed by atoms with E-state index in [2.05, 4.69) is 19.5 Å². The first-order valence-electron chi connectivity index (χ1n) is 10.4. The summed E-state index contributed by atoms with van der Waals surface area (Å²) in [5.74, 6) is -1.17. The Morgan fingerprint density at radius 2 is 1.41 bits per heavy atom. The van der Waals surface area contributed by atoms with Crippen molar-refractivity contribution in [2.45, 2.75) is 31.8 Å². The Labute approximate surface area is 198 Å². The van der Waals surface area contributed by atoms with Crippen molar-refractivity contribution >= 4 is 33.6 Å². The van der Waals surface area contributed by atoms with Gasteiger partial charge in [0.25, 0.3) is 15.9 Å². The van der Waals surface area contributed by atoms with Crippen molar-refractivity contribution in [3.8, 4) is 5.75 Å². The number of benzene rings is 2. The summed E-state index contributed by atoms with van der Waals surface area (Å²) in [6.07, 6.45) is -0.767. The molecule has 1 atom stereocenters. The zero-order chi connectivity index (χ0) is 25.5. The molecule has 0 aromatic heterocycles. The van der Waals surface area contributed by atoms with Crippen LogP contribution in [0.25, 0.3) is 0 Å². The highest BCUT2D eigenvalue weighted by Crippen LogP contribution is 2.23. The van der Waals surface area contributed by atoms with Gasteiger partial charge < -0.3 is 19.5 Å². The van der Waals surface area contributed by atoms with Gasteiger partial charge in [-0.1, -0.05) is 13.8 Å². The molecule has 2 aromatic rings.